The molecule has 3 N–H and O–H groups in total. The number of fused-ring (bicyclic) bond motifs is 1. The van der Waals surface area contributed by atoms with Crippen LogP contribution in [0.3, 0.4) is 0 Å². The summed E-state index contributed by atoms with van der Waals surface area (Å²) >= 11 is 0. The second kappa shape index (κ2) is 12.7. The van der Waals surface area contributed by atoms with E-state index in [0.29, 0.717) is 24.6 Å². The third kappa shape index (κ3) is 7.21. The van der Waals surface area contributed by atoms with E-state index in [2.05, 4.69) is 20.5 Å². The Hall–Kier alpha value is -3.32. The lowest BCUT2D eigenvalue weighted by molar-refractivity contribution is -0.123. The summed E-state index contributed by atoms with van der Waals surface area (Å²) in [5, 5.41) is 7.18. The topological polar surface area (TPSA) is 86.5 Å². The van der Waals surface area contributed by atoms with Gasteiger partial charge < -0.3 is 20.4 Å². The Morgan fingerprint density at radius 3 is 2.49 bits per heavy atom. The van der Waals surface area contributed by atoms with Crippen LogP contribution in [0.25, 0.3) is 10.9 Å². The Kier molecular flexibility index (Phi) is 8.87. The van der Waals surface area contributed by atoms with Gasteiger partial charge in [-0.2, -0.15) is 0 Å². The lowest BCUT2D eigenvalue weighted by Gasteiger charge is -2.26. The first-order valence-electron chi connectivity index (χ1n) is 14.6. The van der Waals surface area contributed by atoms with Crippen LogP contribution >= 0.6 is 0 Å². The molecule has 2 atom stereocenters. The van der Waals surface area contributed by atoms with E-state index in [1.807, 2.05) is 62.4 Å². The predicted octanol–water partition coefficient (Wildman–Crippen LogP) is 5.51. The molecule has 0 bridgehead atoms. The quantitative estimate of drug-likeness (QED) is 0.288. The van der Waals surface area contributed by atoms with Crippen molar-refractivity contribution in [3.05, 3.63) is 65.4 Å². The number of amides is 2. The van der Waals surface area contributed by atoms with Crippen LogP contribution < -0.4 is 15.4 Å². The molecule has 208 valence electrons. The molecule has 1 aromatic heterocycles. The molecule has 0 radical (unpaired) electrons. The fourth-order valence-corrected chi connectivity index (χ4v) is 5.54. The van der Waals surface area contributed by atoms with E-state index in [-0.39, 0.29) is 17.9 Å². The number of aromatic nitrogens is 1. The van der Waals surface area contributed by atoms with Crippen molar-refractivity contribution in [3.8, 4) is 5.75 Å². The molecule has 0 spiro atoms. The molecular weight excluding hydrogens is 488 g/mol. The zero-order valence-electron chi connectivity index (χ0n) is 23.3. The number of aromatic amines is 1. The monoisotopic (exact) mass is 530 g/mol. The number of carbonyl (C=O) groups excluding carboxylic acids is 2. The number of rotatable bonds is 12. The van der Waals surface area contributed by atoms with Gasteiger partial charge in [0.05, 0.1) is 6.04 Å². The molecular formula is C32H42N4O3. The van der Waals surface area contributed by atoms with Crippen molar-refractivity contribution in [2.24, 2.45) is 5.92 Å². The average Bonchev–Trinajstić information content (AvgIpc) is 3.73. The van der Waals surface area contributed by atoms with Crippen LogP contribution in [0.4, 0.5) is 0 Å². The van der Waals surface area contributed by atoms with Gasteiger partial charge in [0.25, 0.3) is 5.91 Å². The summed E-state index contributed by atoms with van der Waals surface area (Å²) in [6, 6.07) is 15.1. The van der Waals surface area contributed by atoms with Crippen LogP contribution in [0, 0.1) is 12.8 Å². The predicted molar refractivity (Wildman–Crippen MR) is 155 cm³/mol. The SMILES string of the molecule is Cc1c(C(=O)N[C@@H](CCC2CC2)C(=O)NC(C)c2ccc(OCCN3CCCCC3)cc2)[nH]c2ccccc12. The van der Waals surface area contributed by atoms with Gasteiger partial charge in [-0.15, -0.1) is 0 Å². The van der Waals surface area contributed by atoms with Gasteiger partial charge in [-0.05, 0) is 87.9 Å². The number of H-pyrrole nitrogens is 1. The molecule has 1 saturated heterocycles. The van der Waals surface area contributed by atoms with Crippen molar-refractivity contribution in [1.29, 1.82) is 0 Å². The Labute approximate surface area is 231 Å². The third-order valence-electron chi connectivity index (χ3n) is 8.24. The molecule has 7 heteroatoms. The number of nitrogens with one attached hydrogen (secondary N) is 3. The highest BCUT2D eigenvalue weighted by molar-refractivity contribution is 6.02. The standard InChI is InChI=1S/C32H42N4O3/c1-22-27-8-4-5-9-28(27)34-30(22)32(38)35-29(17-12-24-10-11-24)31(37)33-23(2)25-13-15-26(16-14-25)39-21-20-36-18-6-3-7-19-36/h4-5,8-9,13-16,23-24,29,34H,3,6-7,10-12,17-21H2,1-2H3,(H,33,37)(H,35,38)/t23?,29-/m0/s1. The summed E-state index contributed by atoms with van der Waals surface area (Å²) < 4.78 is 5.96. The summed E-state index contributed by atoms with van der Waals surface area (Å²) in [7, 11) is 0. The summed E-state index contributed by atoms with van der Waals surface area (Å²) in [5.41, 5.74) is 3.34. The van der Waals surface area contributed by atoms with Crippen molar-refractivity contribution in [2.45, 2.75) is 70.9 Å². The fourth-order valence-electron chi connectivity index (χ4n) is 5.54. The number of likely N-dealkylation sites (tertiary alicyclic amines) is 1. The number of benzene rings is 2. The third-order valence-corrected chi connectivity index (χ3v) is 8.24. The Balaban J connectivity index is 1.17. The molecule has 39 heavy (non-hydrogen) atoms. The zero-order valence-corrected chi connectivity index (χ0v) is 23.3. The lowest BCUT2D eigenvalue weighted by atomic mass is 10.0. The van der Waals surface area contributed by atoms with E-state index in [4.69, 9.17) is 4.74 Å². The number of ether oxygens (including phenoxy) is 1. The van der Waals surface area contributed by atoms with Gasteiger partial charge >= 0.3 is 0 Å². The first-order valence-corrected chi connectivity index (χ1v) is 14.6. The minimum Gasteiger partial charge on any atom is -0.492 e. The summed E-state index contributed by atoms with van der Waals surface area (Å²) in [5.74, 6) is 1.13. The van der Waals surface area contributed by atoms with E-state index in [1.54, 1.807) is 0 Å². The van der Waals surface area contributed by atoms with Crippen molar-refractivity contribution in [3.63, 3.8) is 0 Å². The van der Waals surface area contributed by atoms with E-state index in [0.717, 1.165) is 40.7 Å². The van der Waals surface area contributed by atoms with Crippen LogP contribution in [0.1, 0.15) is 79.5 Å². The molecule has 1 aliphatic heterocycles. The van der Waals surface area contributed by atoms with Crippen molar-refractivity contribution < 1.29 is 14.3 Å². The number of carbonyl (C=O) groups is 2. The number of nitrogens with zero attached hydrogens (tertiary/aromatic N) is 1. The van der Waals surface area contributed by atoms with Crippen LogP contribution in [0.5, 0.6) is 5.75 Å². The summed E-state index contributed by atoms with van der Waals surface area (Å²) in [6.45, 7) is 7.90. The maximum atomic E-state index is 13.4. The lowest BCUT2D eigenvalue weighted by Crippen LogP contribution is -2.47. The number of para-hydroxylation sites is 1. The molecule has 2 fully saturated rings. The second-order valence-electron chi connectivity index (χ2n) is 11.3. The van der Waals surface area contributed by atoms with E-state index < -0.39 is 6.04 Å². The van der Waals surface area contributed by atoms with Crippen LogP contribution in [0.15, 0.2) is 48.5 Å². The van der Waals surface area contributed by atoms with Crippen molar-refractivity contribution in [1.82, 2.24) is 20.5 Å². The molecule has 2 heterocycles. The van der Waals surface area contributed by atoms with Crippen LogP contribution in [0.2, 0.25) is 0 Å². The normalized spacial score (nSPS) is 17.5. The first kappa shape index (κ1) is 27.3. The molecule has 1 aliphatic carbocycles. The zero-order chi connectivity index (χ0) is 27.2. The molecule has 7 nitrogen and oxygen atoms in total. The van der Waals surface area contributed by atoms with Gasteiger partial charge in [0.15, 0.2) is 0 Å². The average molecular weight is 531 g/mol. The largest absolute Gasteiger partial charge is 0.492 e. The van der Waals surface area contributed by atoms with Gasteiger partial charge in [-0.25, -0.2) is 0 Å². The van der Waals surface area contributed by atoms with Crippen LogP contribution in [-0.4, -0.2) is 54.0 Å². The summed E-state index contributed by atoms with van der Waals surface area (Å²) in [4.78, 5) is 32.3. The van der Waals surface area contributed by atoms with Gasteiger partial charge in [-0.1, -0.05) is 49.6 Å². The molecule has 1 unspecified atom stereocenters. The van der Waals surface area contributed by atoms with Crippen LogP contribution in [-0.2, 0) is 4.79 Å². The summed E-state index contributed by atoms with van der Waals surface area (Å²) in [6.07, 6.45) is 7.92. The minimum absolute atomic E-state index is 0.146. The van der Waals surface area contributed by atoms with E-state index >= 15 is 0 Å². The van der Waals surface area contributed by atoms with Gasteiger partial charge in [0.2, 0.25) is 5.91 Å². The second-order valence-corrected chi connectivity index (χ2v) is 11.3. The molecule has 1 saturated carbocycles. The molecule has 3 aromatic rings. The number of aryl methyl sites for hydroxylation is 1. The number of piperidine rings is 1. The highest BCUT2D eigenvalue weighted by Gasteiger charge is 2.28. The number of hydrogen-bond donors (Lipinski definition) is 3. The molecule has 2 aliphatic rings. The maximum absolute atomic E-state index is 13.4. The number of hydrogen-bond acceptors (Lipinski definition) is 4. The van der Waals surface area contributed by atoms with Crippen molar-refractivity contribution in [2.75, 3.05) is 26.2 Å². The minimum atomic E-state index is -0.580. The fraction of sp³-hybridized carbons (Fsp3) is 0.500. The Bertz CT molecular complexity index is 1260. The van der Waals surface area contributed by atoms with E-state index in [9.17, 15) is 9.59 Å². The van der Waals surface area contributed by atoms with Crippen molar-refractivity contribution >= 4 is 22.7 Å². The molecule has 5 rings (SSSR count). The van der Waals surface area contributed by atoms with Gasteiger partial charge in [0, 0.05) is 17.4 Å². The van der Waals surface area contributed by atoms with Gasteiger partial charge in [0.1, 0.15) is 24.1 Å². The Morgan fingerprint density at radius 1 is 1.03 bits per heavy atom. The molecule has 2 aromatic carbocycles. The molecule has 2 amide bonds. The first-order chi connectivity index (χ1) is 19.0. The van der Waals surface area contributed by atoms with E-state index in [1.165, 1.54) is 45.2 Å². The highest BCUT2D eigenvalue weighted by Crippen LogP contribution is 2.34. The smallest absolute Gasteiger partial charge is 0.268 e. The highest BCUT2D eigenvalue weighted by atomic mass is 16.5. The Morgan fingerprint density at radius 2 is 1.77 bits per heavy atom. The van der Waals surface area contributed by atoms with Gasteiger partial charge in [-0.3, -0.25) is 14.5 Å². The maximum Gasteiger partial charge on any atom is 0.268 e.